The van der Waals surface area contributed by atoms with Crippen molar-refractivity contribution in [3.63, 3.8) is 0 Å². The van der Waals surface area contributed by atoms with Crippen LogP contribution in [0.3, 0.4) is 0 Å². The highest BCUT2D eigenvalue weighted by molar-refractivity contribution is 7.13. The van der Waals surface area contributed by atoms with Crippen molar-refractivity contribution in [3.05, 3.63) is 39.7 Å². The first-order chi connectivity index (χ1) is 8.86. The minimum atomic E-state index is 0.587. The zero-order valence-electron chi connectivity index (χ0n) is 9.85. The molecule has 0 atom stereocenters. The van der Waals surface area contributed by atoms with E-state index < -0.39 is 0 Å². The number of furan rings is 1. The Kier molecular flexibility index (Phi) is 2.99. The highest BCUT2D eigenvalue weighted by Gasteiger charge is 2.17. The molecule has 0 unspecified atom stereocenters. The van der Waals surface area contributed by atoms with Gasteiger partial charge in [-0.25, -0.2) is 4.98 Å². The third-order valence-electron chi connectivity index (χ3n) is 3.03. The third kappa shape index (κ3) is 2.09. The zero-order valence-corrected chi connectivity index (χ0v) is 10.7. The summed E-state index contributed by atoms with van der Waals surface area (Å²) in [4.78, 5) is 5.93. The fourth-order valence-corrected chi connectivity index (χ4v) is 3.24. The molecule has 0 N–H and O–H groups in total. The second-order valence-electron chi connectivity index (χ2n) is 4.28. The summed E-state index contributed by atoms with van der Waals surface area (Å²) in [6, 6.07) is 5.87. The largest absolute Gasteiger partial charge is 0.465 e. The molecule has 0 fully saturated rings. The van der Waals surface area contributed by atoms with Crippen LogP contribution in [0.15, 0.2) is 22.8 Å². The quantitative estimate of drug-likeness (QED) is 0.770. The Bertz CT molecular complexity index is 593. The lowest BCUT2D eigenvalue weighted by atomic mass is 10.0. The van der Waals surface area contributed by atoms with E-state index in [1.54, 1.807) is 23.7 Å². The number of nitriles is 1. The fourth-order valence-electron chi connectivity index (χ4n) is 2.12. The van der Waals surface area contributed by atoms with E-state index in [9.17, 15) is 5.26 Å². The molecule has 0 bridgehead atoms. The van der Waals surface area contributed by atoms with Gasteiger partial charge in [-0.1, -0.05) is 0 Å². The van der Waals surface area contributed by atoms with Gasteiger partial charge in [-0.3, -0.25) is 0 Å². The SMILES string of the molecule is N#CC(=Cc1ccco1)c1nc2c(s1)CCCC2. The molecule has 4 heteroatoms. The lowest BCUT2D eigenvalue weighted by Gasteiger charge is -2.06. The van der Waals surface area contributed by atoms with Crippen LogP contribution in [0.4, 0.5) is 0 Å². The predicted octanol–water partition coefficient (Wildman–Crippen LogP) is 3.68. The molecule has 0 spiro atoms. The van der Waals surface area contributed by atoms with E-state index in [2.05, 4.69) is 11.1 Å². The highest BCUT2D eigenvalue weighted by atomic mass is 32.1. The molecule has 2 heterocycles. The van der Waals surface area contributed by atoms with Gasteiger partial charge in [0.15, 0.2) is 0 Å². The molecule has 3 rings (SSSR count). The molecule has 3 nitrogen and oxygen atoms in total. The molecule has 90 valence electrons. The van der Waals surface area contributed by atoms with Crippen LogP contribution in [-0.2, 0) is 12.8 Å². The number of hydrogen-bond acceptors (Lipinski definition) is 4. The van der Waals surface area contributed by atoms with E-state index in [4.69, 9.17) is 4.42 Å². The van der Waals surface area contributed by atoms with Crippen LogP contribution >= 0.6 is 11.3 Å². The molecule has 0 saturated heterocycles. The maximum atomic E-state index is 9.25. The van der Waals surface area contributed by atoms with Crippen LogP contribution in [0.2, 0.25) is 0 Å². The van der Waals surface area contributed by atoms with Crippen molar-refractivity contribution >= 4 is 23.0 Å². The van der Waals surface area contributed by atoms with Gasteiger partial charge < -0.3 is 4.42 Å². The summed E-state index contributed by atoms with van der Waals surface area (Å²) in [7, 11) is 0. The summed E-state index contributed by atoms with van der Waals surface area (Å²) >= 11 is 1.65. The second kappa shape index (κ2) is 4.79. The number of rotatable bonds is 2. The Hall–Kier alpha value is -1.86. The van der Waals surface area contributed by atoms with Crippen LogP contribution in [-0.4, -0.2) is 4.98 Å². The van der Waals surface area contributed by atoms with Gasteiger partial charge in [-0.15, -0.1) is 11.3 Å². The van der Waals surface area contributed by atoms with Crippen LogP contribution < -0.4 is 0 Å². The smallest absolute Gasteiger partial charge is 0.134 e. The molecule has 18 heavy (non-hydrogen) atoms. The minimum Gasteiger partial charge on any atom is -0.465 e. The van der Waals surface area contributed by atoms with Crippen molar-refractivity contribution in [1.82, 2.24) is 4.98 Å². The topological polar surface area (TPSA) is 49.8 Å². The molecular weight excluding hydrogens is 244 g/mol. The van der Waals surface area contributed by atoms with Crippen molar-refractivity contribution in [2.45, 2.75) is 25.7 Å². The number of aromatic nitrogens is 1. The molecule has 0 aliphatic heterocycles. The number of hydrogen-bond donors (Lipinski definition) is 0. The van der Waals surface area contributed by atoms with E-state index in [0.29, 0.717) is 11.3 Å². The Morgan fingerprint density at radius 2 is 2.33 bits per heavy atom. The predicted molar refractivity (Wildman–Crippen MR) is 70.9 cm³/mol. The summed E-state index contributed by atoms with van der Waals surface area (Å²) < 4.78 is 5.24. The number of thiazole rings is 1. The van der Waals surface area contributed by atoms with Gasteiger partial charge in [0.05, 0.1) is 17.5 Å². The van der Waals surface area contributed by atoms with E-state index in [1.165, 1.54) is 23.4 Å². The van der Waals surface area contributed by atoms with Gasteiger partial charge in [0, 0.05) is 11.0 Å². The van der Waals surface area contributed by atoms with E-state index in [1.807, 2.05) is 12.1 Å². The molecule has 2 aromatic rings. The molecule has 1 aliphatic rings. The van der Waals surface area contributed by atoms with E-state index >= 15 is 0 Å². The second-order valence-corrected chi connectivity index (χ2v) is 5.36. The third-order valence-corrected chi connectivity index (χ3v) is 4.22. The van der Waals surface area contributed by atoms with Gasteiger partial charge >= 0.3 is 0 Å². The molecular formula is C14H12N2OS. The Morgan fingerprint density at radius 3 is 3.06 bits per heavy atom. The standard InChI is InChI=1S/C14H12N2OS/c15-9-10(8-11-4-3-7-17-11)14-16-12-5-1-2-6-13(12)18-14/h3-4,7-8H,1-2,5-6H2. The number of aryl methyl sites for hydroxylation is 2. The summed E-state index contributed by atoms with van der Waals surface area (Å²) in [6.45, 7) is 0. The van der Waals surface area contributed by atoms with Crippen molar-refractivity contribution in [3.8, 4) is 6.07 Å². The minimum absolute atomic E-state index is 0.587. The molecule has 0 radical (unpaired) electrons. The average molecular weight is 256 g/mol. The molecule has 0 amide bonds. The van der Waals surface area contributed by atoms with Gasteiger partial charge in [0.25, 0.3) is 0 Å². The monoisotopic (exact) mass is 256 g/mol. The fraction of sp³-hybridized carbons (Fsp3) is 0.286. The Morgan fingerprint density at radius 1 is 1.44 bits per heavy atom. The maximum absolute atomic E-state index is 9.25. The first-order valence-corrected chi connectivity index (χ1v) is 6.83. The lowest BCUT2D eigenvalue weighted by Crippen LogP contribution is -1.99. The van der Waals surface area contributed by atoms with Crippen molar-refractivity contribution in [1.29, 1.82) is 5.26 Å². The van der Waals surface area contributed by atoms with Crippen LogP contribution in [0.1, 0.15) is 34.2 Å². The molecule has 0 aromatic carbocycles. The Labute approximate surface area is 109 Å². The number of fused-ring (bicyclic) bond motifs is 1. The summed E-state index contributed by atoms with van der Waals surface area (Å²) in [6.07, 6.45) is 7.95. The zero-order chi connectivity index (χ0) is 12.4. The molecule has 2 aromatic heterocycles. The van der Waals surface area contributed by atoms with E-state index in [-0.39, 0.29) is 0 Å². The van der Waals surface area contributed by atoms with Crippen molar-refractivity contribution in [2.75, 3.05) is 0 Å². The van der Waals surface area contributed by atoms with Crippen LogP contribution in [0.5, 0.6) is 0 Å². The normalized spacial score (nSPS) is 15.2. The number of allylic oxidation sites excluding steroid dienone is 1. The van der Waals surface area contributed by atoms with Gasteiger partial charge in [0.1, 0.15) is 16.8 Å². The average Bonchev–Trinajstić information content (AvgIpc) is 3.04. The van der Waals surface area contributed by atoms with E-state index in [0.717, 1.165) is 17.8 Å². The first-order valence-electron chi connectivity index (χ1n) is 6.01. The van der Waals surface area contributed by atoms with Crippen LogP contribution in [0.25, 0.3) is 11.6 Å². The van der Waals surface area contributed by atoms with Crippen molar-refractivity contribution < 1.29 is 4.42 Å². The summed E-state index contributed by atoms with van der Waals surface area (Å²) in [5, 5.41) is 10.1. The summed E-state index contributed by atoms with van der Waals surface area (Å²) in [5.74, 6) is 0.694. The lowest BCUT2D eigenvalue weighted by molar-refractivity contribution is 0.557. The molecule has 0 saturated carbocycles. The first kappa shape index (κ1) is 11.2. The van der Waals surface area contributed by atoms with Gasteiger partial charge in [0.2, 0.25) is 0 Å². The number of nitrogens with zero attached hydrogens (tertiary/aromatic N) is 2. The highest BCUT2D eigenvalue weighted by Crippen LogP contribution is 2.30. The molecule has 1 aliphatic carbocycles. The summed E-state index contributed by atoms with van der Waals surface area (Å²) in [5.41, 5.74) is 1.77. The van der Waals surface area contributed by atoms with Crippen LogP contribution in [0, 0.1) is 11.3 Å². The maximum Gasteiger partial charge on any atom is 0.134 e. The van der Waals surface area contributed by atoms with Crippen molar-refractivity contribution in [2.24, 2.45) is 0 Å². The Balaban J connectivity index is 1.97. The van der Waals surface area contributed by atoms with Gasteiger partial charge in [-0.2, -0.15) is 5.26 Å². The van der Waals surface area contributed by atoms with Gasteiger partial charge in [-0.05, 0) is 37.8 Å².